The van der Waals surface area contributed by atoms with Crippen molar-refractivity contribution >= 4 is 21.5 Å². The molecule has 3 heterocycles. The first-order valence-electron chi connectivity index (χ1n) is 9.12. The number of hydrogen-bond donors (Lipinski definition) is 0. The molecular formula is C17H23N5O3S. The first-order chi connectivity index (χ1) is 12.4. The third kappa shape index (κ3) is 3.08. The van der Waals surface area contributed by atoms with Gasteiger partial charge in [0.1, 0.15) is 11.2 Å². The standard InChI is InChI=1S/C17H23N5O3S/c1-26(24,25)14-9-18-17-19-11-20-22(17)15(14)13-7-4-8-21(10-13)16(23)12-5-2-3-6-12/h9,11-13H,2-8,10H2,1H3/t13-/m0/s1. The molecule has 0 bridgehead atoms. The molecule has 0 radical (unpaired) electrons. The molecule has 1 atom stereocenters. The molecule has 1 saturated carbocycles. The monoisotopic (exact) mass is 377 g/mol. The molecule has 0 aromatic carbocycles. The second-order valence-electron chi connectivity index (χ2n) is 7.36. The number of hydrogen-bond acceptors (Lipinski definition) is 6. The summed E-state index contributed by atoms with van der Waals surface area (Å²) in [6.07, 6.45) is 9.77. The first-order valence-corrected chi connectivity index (χ1v) is 11.0. The van der Waals surface area contributed by atoms with E-state index in [4.69, 9.17) is 0 Å². The third-order valence-electron chi connectivity index (χ3n) is 5.53. The van der Waals surface area contributed by atoms with Crippen molar-refractivity contribution in [2.75, 3.05) is 19.3 Å². The maximum Gasteiger partial charge on any atom is 0.252 e. The van der Waals surface area contributed by atoms with Crippen molar-refractivity contribution in [1.29, 1.82) is 0 Å². The van der Waals surface area contributed by atoms with E-state index in [1.165, 1.54) is 23.3 Å². The van der Waals surface area contributed by atoms with E-state index in [1.54, 1.807) is 0 Å². The molecule has 1 amide bonds. The number of aromatic nitrogens is 4. The Bertz CT molecular complexity index is 933. The van der Waals surface area contributed by atoms with Crippen molar-refractivity contribution in [3.05, 3.63) is 18.2 Å². The molecular weight excluding hydrogens is 354 g/mol. The van der Waals surface area contributed by atoms with Crippen LogP contribution in [0.5, 0.6) is 0 Å². The van der Waals surface area contributed by atoms with Crippen LogP contribution in [0.1, 0.15) is 50.1 Å². The normalized spacial score (nSPS) is 22.2. The van der Waals surface area contributed by atoms with E-state index in [0.717, 1.165) is 45.1 Å². The minimum Gasteiger partial charge on any atom is -0.342 e. The van der Waals surface area contributed by atoms with Gasteiger partial charge in [0.05, 0.1) is 11.9 Å². The molecule has 0 N–H and O–H groups in total. The van der Waals surface area contributed by atoms with Crippen molar-refractivity contribution in [3.8, 4) is 0 Å². The molecule has 2 aliphatic rings. The minimum atomic E-state index is -3.46. The van der Waals surface area contributed by atoms with E-state index >= 15 is 0 Å². The highest BCUT2D eigenvalue weighted by molar-refractivity contribution is 7.90. The topological polar surface area (TPSA) is 97.5 Å². The Balaban J connectivity index is 1.70. The van der Waals surface area contributed by atoms with Crippen LogP contribution in [0.2, 0.25) is 0 Å². The summed E-state index contributed by atoms with van der Waals surface area (Å²) >= 11 is 0. The lowest BCUT2D eigenvalue weighted by atomic mass is 9.93. The van der Waals surface area contributed by atoms with Gasteiger partial charge in [-0.15, -0.1) is 0 Å². The second-order valence-corrected chi connectivity index (χ2v) is 9.34. The molecule has 0 unspecified atom stereocenters. The third-order valence-corrected chi connectivity index (χ3v) is 6.64. The van der Waals surface area contributed by atoms with Gasteiger partial charge >= 0.3 is 0 Å². The van der Waals surface area contributed by atoms with Crippen LogP contribution in [0.25, 0.3) is 5.78 Å². The van der Waals surface area contributed by atoms with Gasteiger partial charge in [0.25, 0.3) is 5.78 Å². The first kappa shape index (κ1) is 17.4. The summed E-state index contributed by atoms with van der Waals surface area (Å²) in [5.41, 5.74) is 0.596. The Morgan fingerprint density at radius 2 is 1.92 bits per heavy atom. The molecule has 8 nitrogen and oxygen atoms in total. The quantitative estimate of drug-likeness (QED) is 0.802. The van der Waals surface area contributed by atoms with E-state index in [9.17, 15) is 13.2 Å². The summed E-state index contributed by atoms with van der Waals surface area (Å²) in [7, 11) is -3.46. The number of likely N-dealkylation sites (tertiary alicyclic amines) is 1. The number of sulfone groups is 1. The highest BCUT2D eigenvalue weighted by Gasteiger charge is 2.34. The molecule has 0 spiro atoms. The van der Waals surface area contributed by atoms with Crippen LogP contribution in [-0.4, -0.2) is 58.2 Å². The lowest BCUT2D eigenvalue weighted by molar-refractivity contribution is -0.136. The molecule has 1 aliphatic heterocycles. The average Bonchev–Trinajstić information content (AvgIpc) is 3.30. The number of carbonyl (C=O) groups is 1. The van der Waals surface area contributed by atoms with Gasteiger partial charge in [-0.05, 0) is 25.7 Å². The molecule has 9 heteroatoms. The zero-order valence-corrected chi connectivity index (χ0v) is 15.7. The molecule has 4 rings (SSSR count). The van der Waals surface area contributed by atoms with E-state index in [0.29, 0.717) is 18.0 Å². The molecule has 1 aliphatic carbocycles. The Hall–Kier alpha value is -2.03. The van der Waals surface area contributed by atoms with E-state index in [2.05, 4.69) is 15.1 Å². The number of nitrogens with zero attached hydrogens (tertiary/aromatic N) is 5. The van der Waals surface area contributed by atoms with Crippen LogP contribution in [0.4, 0.5) is 0 Å². The van der Waals surface area contributed by atoms with E-state index in [-0.39, 0.29) is 22.6 Å². The van der Waals surface area contributed by atoms with Crippen LogP contribution in [0, 0.1) is 5.92 Å². The van der Waals surface area contributed by atoms with E-state index in [1.807, 2.05) is 4.90 Å². The average molecular weight is 377 g/mol. The number of rotatable bonds is 3. The van der Waals surface area contributed by atoms with Gasteiger partial charge in [-0.1, -0.05) is 12.8 Å². The Morgan fingerprint density at radius 3 is 2.65 bits per heavy atom. The van der Waals surface area contributed by atoms with Crippen molar-refractivity contribution in [1.82, 2.24) is 24.5 Å². The molecule has 2 aromatic rings. The van der Waals surface area contributed by atoms with Gasteiger partial charge in [0.2, 0.25) is 5.91 Å². The fraction of sp³-hybridized carbons (Fsp3) is 0.647. The SMILES string of the molecule is CS(=O)(=O)c1cnc2ncnn2c1[C@H]1CCCN(C(=O)C2CCCC2)C1. The summed E-state index contributed by atoms with van der Waals surface area (Å²) in [6.45, 7) is 1.27. The fourth-order valence-corrected chi connectivity index (χ4v) is 5.15. The van der Waals surface area contributed by atoms with Gasteiger partial charge in [-0.3, -0.25) is 4.79 Å². The van der Waals surface area contributed by atoms with Crippen LogP contribution < -0.4 is 0 Å². The maximum atomic E-state index is 12.8. The Labute approximate surface area is 152 Å². The minimum absolute atomic E-state index is 0.0916. The number of piperidine rings is 1. The Morgan fingerprint density at radius 1 is 1.15 bits per heavy atom. The molecule has 26 heavy (non-hydrogen) atoms. The highest BCUT2D eigenvalue weighted by Crippen LogP contribution is 2.33. The summed E-state index contributed by atoms with van der Waals surface area (Å²) in [4.78, 5) is 23.1. The highest BCUT2D eigenvalue weighted by atomic mass is 32.2. The zero-order chi connectivity index (χ0) is 18.3. The fourth-order valence-electron chi connectivity index (χ4n) is 4.27. The van der Waals surface area contributed by atoms with Crippen LogP contribution in [-0.2, 0) is 14.6 Å². The van der Waals surface area contributed by atoms with Gasteiger partial charge in [0.15, 0.2) is 9.84 Å². The number of fused-ring (bicyclic) bond motifs is 1. The second kappa shape index (κ2) is 6.61. The lowest BCUT2D eigenvalue weighted by Gasteiger charge is -2.35. The summed E-state index contributed by atoms with van der Waals surface area (Å²) in [6, 6.07) is 0. The van der Waals surface area contributed by atoms with Crippen LogP contribution in [0.3, 0.4) is 0 Å². The predicted molar refractivity (Wildman–Crippen MR) is 94.4 cm³/mol. The number of carbonyl (C=O) groups excluding carboxylic acids is 1. The van der Waals surface area contributed by atoms with Crippen LogP contribution >= 0.6 is 0 Å². The maximum absolute atomic E-state index is 12.8. The largest absolute Gasteiger partial charge is 0.342 e. The van der Waals surface area contributed by atoms with Crippen molar-refractivity contribution < 1.29 is 13.2 Å². The van der Waals surface area contributed by atoms with Gasteiger partial charge < -0.3 is 4.90 Å². The molecule has 1 saturated heterocycles. The van der Waals surface area contributed by atoms with Crippen molar-refractivity contribution in [3.63, 3.8) is 0 Å². The summed E-state index contributed by atoms with van der Waals surface area (Å²) < 4.78 is 26.1. The van der Waals surface area contributed by atoms with Gasteiger partial charge in [0, 0.05) is 31.2 Å². The summed E-state index contributed by atoms with van der Waals surface area (Å²) in [5, 5.41) is 4.19. The van der Waals surface area contributed by atoms with Crippen LogP contribution in [0.15, 0.2) is 17.4 Å². The molecule has 2 fully saturated rings. The number of amides is 1. The van der Waals surface area contributed by atoms with Crippen molar-refractivity contribution in [2.24, 2.45) is 5.92 Å². The van der Waals surface area contributed by atoms with E-state index < -0.39 is 9.84 Å². The van der Waals surface area contributed by atoms with Gasteiger partial charge in [-0.25, -0.2) is 13.4 Å². The molecule has 2 aromatic heterocycles. The summed E-state index contributed by atoms with van der Waals surface area (Å²) in [5.74, 6) is 0.640. The predicted octanol–water partition coefficient (Wildman–Crippen LogP) is 1.42. The molecule has 140 valence electrons. The van der Waals surface area contributed by atoms with Crippen molar-refractivity contribution in [2.45, 2.75) is 49.3 Å². The lowest BCUT2D eigenvalue weighted by Crippen LogP contribution is -2.42. The van der Waals surface area contributed by atoms with Gasteiger partial charge in [-0.2, -0.15) is 14.6 Å². The Kier molecular flexibility index (Phi) is 4.42. The zero-order valence-electron chi connectivity index (χ0n) is 14.8. The smallest absolute Gasteiger partial charge is 0.252 e.